The van der Waals surface area contributed by atoms with Crippen molar-refractivity contribution in [2.24, 2.45) is 5.92 Å². The second kappa shape index (κ2) is 7.14. The smallest absolute Gasteiger partial charge is 0.241 e. The lowest BCUT2D eigenvalue weighted by Gasteiger charge is -2.24. The molecule has 1 aliphatic heterocycles. The molecule has 0 aliphatic carbocycles. The first kappa shape index (κ1) is 13.9. The van der Waals surface area contributed by atoms with Crippen LogP contribution in [0.2, 0.25) is 0 Å². The van der Waals surface area contributed by atoms with Crippen LogP contribution in [0.3, 0.4) is 0 Å². The molecule has 1 aromatic rings. The number of nitrogens with one attached hydrogen (secondary N) is 1. The largest absolute Gasteiger partial charge is 0.381 e. The molecule has 19 heavy (non-hydrogen) atoms. The van der Waals surface area contributed by atoms with Crippen molar-refractivity contribution in [1.82, 2.24) is 4.90 Å². The molecule has 4 nitrogen and oxygen atoms in total. The zero-order valence-electron chi connectivity index (χ0n) is 11.5. The lowest BCUT2D eigenvalue weighted by molar-refractivity contribution is -0.129. The average molecular weight is 262 g/mol. The number of anilines is 1. The van der Waals surface area contributed by atoms with Crippen LogP contribution in [-0.4, -0.2) is 43.7 Å². The molecule has 0 spiro atoms. The van der Waals surface area contributed by atoms with Crippen LogP contribution in [0.1, 0.15) is 13.3 Å². The summed E-state index contributed by atoms with van der Waals surface area (Å²) in [5, 5.41) is 3.16. The predicted molar refractivity (Wildman–Crippen MR) is 76.1 cm³/mol. The summed E-state index contributed by atoms with van der Waals surface area (Å²) in [6.07, 6.45) is 1.07. The molecule has 0 radical (unpaired) electrons. The molecule has 1 heterocycles. The first-order chi connectivity index (χ1) is 9.29. The second-order valence-corrected chi connectivity index (χ2v) is 4.88. The summed E-state index contributed by atoms with van der Waals surface area (Å²) >= 11 is 0. The molecule has 0 aromatic heterocycles. The summed E-state index contributed by atoms with van der Waals surface area (Å²) in [5.74, 6) is 0.652. The normalized spacial score (nSPS) is 18.3. The van der Waals surface area contributed by atoms with Crippen molar-refractivity contribution in [1.29, 1.82) is 0 Å². The van der Waals surface area contributed by atoms with Crippen molar-refractivity contribution < 1.29 is 9.53 Å². The Balaban J connectivity index is 1.79. The van der Waals surface area contributed by atoms with Crippen molar-refractivity contribution in [3.05, 3.63) is 30.3 Å². The lowest BCUT2D eigenvalue weighted by atomic mass is 10.1. The van der Waals surface area contributed by atoms with Gasteiger partial charge in [-0.05, 0) is 25.5 Å². The molecule has 1 unspecified atom stereocenters. The van der Waals surface area contributed by atoms with E-state index in [0.29, 0.717) is 12.5 Å². The van der Waals surface area contributed by atoms with Gasteiger partial charge in [0.15, 0.2) is 0 Å². The van der Waals surface area contributed by atoms with Crippen molar-refractivity contribution in [3.8, 4) is 0 Å². The Bertz CT molecular complexity index is 388. The Kier molecular flexibility index (Phi) is 5.21. The van der Waals surface area contributed by atoms with E-state index in [1.165, 1.54) is 0 Å². The topological polar surface area (TPSA) is 41.6 Å². The Morgan fingerprint density at radius 1 is 1.42 bits per heavy atom. The van der Waals surface area contributed by atoms with E-state index in [-0.39, 0.29) is 5.91 Å². The number of carbonyl (C=O) groups is 1. The molecular weight excluding hydrogens is 240 g/mol. The second-order valence-electron chi connectivity index (χ2n) is 4.88. The quantitative estimate of drug-likeness (QED) is 0.852. The van der Waals surface area contributed by atoms with Crippen LogP contribution in [0.25, 0.3) is 0 Å². The molecule has 1 aliphatic rings. The first-order valence-corrected chi connectivity index (χ1v) is 6.94. The fourth-order valence-electron chi connectivity index (χ4n) is 2.29. The van der Waals surface area contributed by atoms with Crippen LogP contribution < -0.4 is 5.32 Å². The molecule has 0 saturated carbocycles. The van der Waals surface area contributed by atoms with Gasteiger partial charge in [-0.25, -0.2) is 0 Å². The Morgan fingerprint density at radius 3 is 2.84 bits per heavy atom. The van der Waals surface area contributed by atoms with E-state index in [1.807, 2.05) is 42.2 Å². The van der Waals surface area contributed by atoms with Crippen LogP contribution in [0.5, 0.6) is 0 Å². The van der Waals surface area contributed by atoms with E-state index in [0.717, 1.165) is 38.4 Å². The zero-order chi connectivity index (χ0) is 13.5. The van der Waals surface area contributed by atoms with E-state index in [9.17, 15) is 4.79 Å². The molecule has 1 saturated heterocycles. The maximum absolute atomic E-state index is 12.2. The minimum Gasteiger partial charge on any atom is -0.381 e. The number of carbonyl (C=O) groups excluding carboxylic acids is 1. The first-order valence-electron chi connectivity index (χ1n) is 6.94. The number of para-hydroxylation sites is 1. The van der Waals surface area contributed by atoms with Gasteiger partial charge in [0.2, 0.25) is 5.91 Å². The molecule has 2 rings (SSSR count). The molecule has 4 heteroatoms. The number of hydrogen-bond acceptors (Lipinski definition) is 3. The summed E-state index contributed by atoms with van der Waals surface area (Å²) in [6.45, 7) is 5.56. The van der Waals surface area contributed by atoms with Gasteiger partial charge in [-0.3, -0.25) is 4.79 Å². The molecule has 1 fully saturated rings. The summed E-state index contributed by atoms with van der Waals surface area (Å²) < 4.78 is 5.36. The van der Waals surface area contributed by atoms with Gasteiger partial charge in [-0.2, -0.15) is 0 Å². The minimum absolute atomic E-state index is 0.151. The third-order valence-electron chi connectivity index (χ3n) is 3.45. The van der Waals surface area contributed by atoms with Crippen molar-refractivity contribution in [2.45, 2.75) is 13.3 Å². The highest BCUT2D eigenvalue weighted by Gasteiger charge is 2.21. The third-order valence-corrected chi connectivity index (χ3v) is 3.45. The Hall–Kier alpha value is -1.55. The van der Waals surface area contributed by atoms with Gasteiger partial charge in [-0.1, -0.05) is 18.2 Å². The number of benzene rings is 1. The number of hydrogen-bond donors (Lipinski definition) is 1. The van der Waals surface area contributed by atoms with Gasteiger partial charge in [-0.15, -0.1) is 0 Å². The highest BCUT2D eigenvalue weighted by molar-refractivity contribution is 5.80. The third kappa shape index (κ3) is 4.24. The zero-order valence-corrected chi connectivity index (χ0v) is 11.5. The molecular formula is C15H22N2O2. The van der Waals surface area contributed by atoms with Crippen LogP contribution in [0.4, 0.5) is 5.69 Å². The summed E-state index contributed by atoms with van der Waals surface area (Å²) in [6, 6.07) is 9.81. The molecule has 1 N–H and O–H groups in total. The summed E-state index contributed by atoms with van der Waals surface area (Å²) in [5.41, 5.74) is 0.983. The fraction of sp³-hybridized carbons (Fsp3) is 0.533. The SMILES string of the molecule is CCN(CC1CCOC1)C(=O)CNc1ccccc1. The van der Waals surface area contributed by atoms with Gasteiger partial charge in [0.1, 0.15) is 0 Å². The molecule has 0 bridgehead atoms. The Labute approximate surface area is 114 Å². The maximum Gasteiger partial charge on any atom is 0.241 e. The number of nitrogens with zero attached hydrogens (tertiary/aromatic N) is 1. The minimum atomic E-state index is 0.151. The van der Waals surface area contributed by atoms with Gasteiger partial charge in [0.05, 0.1) is 13.2 Å². The number of amides is 1. The maximum atomic E-state index is 12.2. The van der Waals surface area contributed by atoms with Crippen molar-refractivity contribution in [2.75, 3.05) is 38.2 Å². The number of rotatable bonds is 6. The van der Waals surface area contributed by atoms with Crippen molar-refractivity contribution in [3.63, 3.8) is 0 Å². The van der Waals surface area contributed by atoms with Crippen LogP contribution >= 0.6 is 0 Å². The summed E-state index contributed by atoms with van der Waals surface area (Å²) in [4.78, 5) is 14.1. The van der Waals surface area contributed by atoms with E-state index >= 15 is 0 Å². The Morgan fingerprint density at radius 2 is 2.21 bits per heavy atom. The van der Waals surface area contributed by atoms with Crippen molar-refractivity contribution >= 4 is 11.6 Å². The highest BCUT2D eigenvalue weighted by atomic mass is 16.5. The van der Waals surface area contributed by atoms with E-state index in [1.54, 1.807) is 0 Å². The van der Waals surface area contributed by atoms with E-state index in [2.05, 4.69) is 5.32 Å². The van der Waals surface area contributed by atoms with E-state index in [4.69, 9.17) is 4.74 Å². The van der Waals surface area contributed by atoms with Crippen LogP contribution in [-0.2, 0) is 9.53 Å². The standard InChI is InChI=1S/C15H22N2O2/c1-2-17(11-13-8-9-19-12-13)15(18)10-16-14-6-4-3-5-7-14/h3-7,13,16H,2,8-12H2,1H3. The van der Waals surface area contributed by atoms with Crippen LogP contribution in [0, 0.1) is 5.92 Å². The number of ether oxygens (including phenoxy) is 1. The molecule has 1 atom stereocenters. The van der Waals surface area contributed by atoms with Gasteiger partial charge >= 0.3 is 0 Å². The van der Waals surface area contributed by atoms with Crippen LogP contribution in [0.15, 0.2) is 30.3 Å². The van der Waals surface area contributed by atoms with E-state index < -0.39 is 0 Å². The molecule has 1 amide bonds. The monoisotopic (exact) mass is 262 g/mol. The predicted octanol–water partition coefficient (Wildman–Crippen LogP) is 1.98. The summed E-state index contributed by atoms with van der Waals surface area (Å²) in [7, 11) is 0. The lowest BCUT2D eigenvalue weighted by Crippen LogP contribution is -2.39. The fourth-order valence-corrected chi connectivity index (χ4v) is 2.29. The average Bonchev–Trinajstić information content (AvgIpc) is 2.96. The highest BCUT2D eigenvalue weighted by Crippen LogP contribution is 2.14. The van der Waals surface area contributed by atoms with Gasteiger partial charge in [0.25, 0.3) is 0 Å². The number of likely N-dealkylation sites (N-methyl/N-ethyl adjacent to an activating group) is 1. The van der Waals surface area contributed by atoms with Gasteiger partial charge in [0, 0.05) is 31.3 Å². The van der Waals surface area contributed by atoms with Gasteiger partial charge < -0.3 is 15.0 Å². The molecule has 104 valence electrons. The molecule has 1 aromatic carbocycles.